The third-order valence-corrected chi connectivity index (χ3v) is 4.31. The number of anilines is 1. The summed E-state index contributed by atoms with van der Waals surface area (Å²) >= 11 is 9.44. The van der Waals surface area contributed by atoms with Crippen molar-refractivity contribution >= 4 is 33.2 Å². The van der Waals surface area contributed by atoms with E-state index in [2.05, 4.69) is 59.4 Å². The van der Waals surface area contributed by atoms with Crippen LogP contribution in [0.15, 0.2) is 40.9 Å². The molecule has 2 aromatic rings. The molecule has 2 rings (SSSR count). The molecule has 1 N–H and O–H groups in total. The molecule has 0 saturated carbocycles. The SMILES string of the molecule is CCCc1ccc(C(C)Nc2c(Cl)cc(F)cc2Br)cc1. The summed E-state index contributed by atoms with van der Waals surface area (Å²) in [6.07, 6.45) is 2.24. The molecule has 0 aliphatic carbocycles. The Balaban J connectivity index is 2.16. The summed E-state index contributed by atoms with van der Waals surface area (Å²) in [6, 6.07) is 11.3. The van der Waals surface area contributed by atoms with Crippen molar-refractivity contribution in [1.82, 2.24) is 0 Å². The fourth-order valence-electron chi connectivity index (χ4n) is 2.24. The van der Waals surface area contributed by atoms with E-state index < -0.39 is 0 Å². The lowest BCUT2D eigenvalue weighted by Crippen LogP contribution is -2.08. The molecule has 0 spiro atoms. The normalized spacial score (nSPS) is 12.2. The fraction of sp³-hybridized carbons (Fsp3) is 0.294. The Morgan fingerprint density at radius 2 is 1.90 bits per heavy atom. The summed E-state index contributed by atoms with van der Waals surface area (Å²) in [5.41, 5.74) is 3.22. The van der Waals surface area contributed by atoms with E-state index in [1.165, 1.54) is 23.3 Å². The van der Waals surface area contributed by atoms with Crippen LogP contribution in [0.3, 0.4) is 0 Å². The summed E-state index contributed by atoms with van der Waals surface area (Å²) in [5.74, 6) is -0.353. The number of nitrogens with one attached hydrogen (secondary N) is 1. The highest BCUT2D eigenvalue weighted by Crippen LogP contribution is 2.34. The van der Waals surface area contributed by atoms with Crippen LogP contribution in [0.5, 0.6) is 0 Å². The summed E-state index contributed by atoms with van der Waals surface area (Å²) in [6.45, 7) is 4.23. The summed E-state index contributed by atoms with van der Waals surface area (Å²) < 4.78 is 13.9. The van der Waals surface area contributed by atoms with E-state index in [1.807, 2.05) is 0 Å². The standard InChI is InChI=1S/C17H18BrClFN/c1-3-4-12-5-7-13(8-6-12)11(2)21-17-15(18)9-14(20)10-16(17)19/h5-11,21H,3-4H2,1-2H3. The second-order valence-corrected chi connectivity index (χ2v) is 6.36. The molecule has 0 amide bonds. The Hall–Kier alpha value is -1.06. The van der Waals surface area contributed by atoms with Crippen LogP contribution in [0.2, 0.25) is 5.02 Å². The Morgan fingerprint density at radius 1 is 1.24 bits per heavy atom. The van der Waals surface area contributed by atoms with Gasteiger partial charge in [0.25, 0.3) is 0 Å². The summed E-state index contributed by atoms with van der Waals surface area (Å²) in [5, 5.41) is 3.70. The smallest absolute Gasteiger partial charge is 0.125 e. The quantitative estimate of drug-likeness (QED) is 0.645. The summed E-state index contributed by atoms with van der Waals surface area (Å²) in [4.78, 5) is 0. The first kappa shape index (κ1) is 16.3. The number of benzene rings is 2. The van der Waals surface area contributed by atoms with Gasteiger partial charge in [0.1, 0.15) is 5.82 Å². The number of rotatable bonds is 5. The zero-order valence-electron chi connectivity index (χ0n) is 12.1. The molecule has 21 heavy (non-hydrogen) atoms. The van der Waals surface area contributed by atoms with Gasteiger partial charge in [-0.15, -0.1) is 0 Å². The van der Waals surface area contributed by atoms with Gasteiger partial charge in [-0.05, 0) is 52.5 Å². The molecule has 0 aliphatic heterocycles. The van der Waals surface area contributed by atoms with Gasteiger partial charge in [-0.1, -0.05) is 49.2 Å². The lowest BCUT2D eigenvalue weighted by Gasteiger charge is -2.18. The zero-order chi connectivity index (χ0) is 15.4. The van der Waals surface area contributed by atoms with Gasteiger partial charge < -0.3 is 5.32 Å². The molecule has 0 heterocycles. The van der Waals surface area contributed by atoms with Crippen LogP contribution < -0.4 is 5.32 Å². The van der Waals surface area contributed by atoms with Crippen molar-refractivity contribution in [2.24, 2.45) is 0 Å². The lowest BCUT2D eigenvalue weighted by atomic mass is 10.0. The lowest BCUT2D eigenvalue weighted by molar-refractivity contribution is 0.627. The van der Waals surface area contributed by atoms with Crippen LogP contribution >= 0.6 is 27.5 Å². The zero-order valence-corrected chi connectivity index (χ0v) is 14.4. The van der Waals surface area contributed by atoms with Crippen molar-refractivity contribution in [2.75, 3.05) is 5.32 Å². The summed E-state index contributed by atoms with van der Waals surface area (Å²) in [7, 11) is 0. The van der Waals surface area contributed by atoms with Crippen molar-refractivity contribution in [3.05, 3.63) is 62.8 Å². The minimum absolute atomic E-state index is 0.0833. The molecule has 1 nitrogen and oxygen atoms in total. The van der Waals surface area contributed by atoms with Crippen LogP contribution in [0.4, 0.5) is 10.1 Å². The highest BCUT2D eigenvalue weighted by Gasteiger charge is 2.12. The molecule has 0 aliphatic rings. The monoisotopic (exact) mass is 369 g/mol. The maximum Gasteiger partial charge on any atom is 0.125 e. The molecule has 1 atom stereocenters. The Labute approximate surface area is 138 Å². The second kappa shape index (κ2) is 7.28. The molecule has 0 saturated heterocycles. The molecule has 0 radical (unpaired) electrons. The number of hydrogen-bond acceptors (Lipinski definition) is 1. The Bertz CT molecular complexity index is 590. The van der Waals surface area contributed by atoms with Crippen molar-refractivity contribution in [2.45, 2.75) is 32.7 Å². The van der Waals surface area contributed by atoms with Crippen molar-refractivity contribution in [3.63, 3.8) is 0 Å². The minimum atomic E-state index is -0.353. The molecule has 1 unspecified atom stereocenters. The molecule has 0 fully saturated rings. The molecule has 0 bridgehead atoms. The highest BCUT2D eigenvalue weighted by atomic mass is 79.9. The number of halogens is 3. The van der Waals surface area contributed by atoms with Crippen molar-refractivity contribution in [1.29, 1.82) is 0 Å². The molecular weight excluding hydrogens is 353 g/mol. The first-order chi connectivity index (χ1) is 10.0. The number of hydrogen-bond donors (Lipinski definition) is 1. The van der Waals surface area contributed by atoms with Gasteiger partial charge in [0.15, 0.2) is 0 Å². The molecule has 112 valence electrons. The topological polar surface area (TPSA) is 12.0 Å². The number of aryl methyl sites for hydroxylation is 1. The van der Waals surface area contributed by atoms with E-state index in [0.717, 1.165) is 12.8 Å². The van der Waals surface area contributed by atoms with Crippen molar-refractivity contribution < 1.29 is 4.39 Å². The van der Waals surface area contributed by atoms with E-state index in [4.69, 9.17) is 11.6 Å². The van der Waals surface area contributed by atoms with Gasteiger partial charge in [0.05, 0.1) is 10.7 Å². The third kappa shape index (κ3) is 4.21. The molecule has 0 aromatic heterocycles. The Kier molecular flexibility index (Phi) is 5.65. The van der Waals surface area contributed by atoms with Crippen molar-refractivity contribution in [3.8, 4) is 0 Å². The van der Waals surface area contributed by atoms with Crippen LogP contribution in [0.1, 0.15) is 37.4 Å². The predicted molar refractivity (Wildman–Crippen MR) is 91.6 cm³/mol. The van der Waals surface area contributed by atoms with Crippen LogP contribution in [0.25, 0.3) is 0 Å². The molecule has 2 aromatic carbocycles. The average molecular weight is 371 g/mol. The van der Waals surface area contributed by atoms with E-state index in [0.29, 0.717) is 15.2 Å². The first-order valence-electron chi connectivity index (χ1n) is 7.01. The van der Waals surface area contributed by atoms with E-state index in [9.17, 15) is 4.39 Å². The van der Waals surface area contributed by atoms with Gasteiger partial charge in [-0.2, -0.15) is 0 Å². The highest BCUT2D eigenvalue weighted by molar-refractivity contribution is 9.10. The van der Waals surface area contributed by atoms with Gasteiger partial charge in [-0.3, -0.25) is 0 Å². The van der Waals surface area contributed by atoms with E-state index in [1.54, 1.807) is 0 Å². The Morgan fingerprint density at radius 3 is 2.48 bits per heavy atom. The van der Waals surface area contributed by atoms with Gasteiger partial charge >= 0.3 is 0 Å². The maximum absolute atomic E-state index is 13.2. The van der Waals surface area contributed by atoms with Gasteiger partial charge in [0.2, 0.25) is 0 Å². The van der Waals surface area contributed by atoms with Crippen LogP contribution in [-0.2, 0) is 6.42 Å². The van der Waals surface area contributed by atoms with E-state index in [-0.39, 0.29) is 11.9 Å². The van der Waals surface area contributed by atoms with E-state index >= 15 is 0 Å². The minimum Gasteiger partial charge on any atom is -0.376 e. The average Bonchev–Trinajstić information content (AvgIpc) is 2.43. The fourth-order valence-corrected chi connectivity index (χ4v) is 3.16. The van der Waals surface area contributed by atoms with Crippen LogP contribution in [-0.4, -0.2) is 0 Å². The molecule has 4 heteroatoms. The molecular formula is C17H18BrClFN. The third-order valence-electron chi connectivity index (χ3n) is 3.39. The predicted octanol–water partition coefficient (Wildman–Crippen LogP) is 6.37. The van der Waals surface area contributed by atoms with Gasteiger partial charge in [0, 0.05) is 10.5 Å². The largest absolute Gasteiger partial charge is 0.376 e. The maximum atomic E-state index is 13.2. The first-order valence-corrected chi connectivity index (χ1v) is 8.18. The second-order valence-electron chi connectivity index (χ2n) is 5.10. The van der Waals surface area contributed by atoms with Gasteiger partial charge in [-0.25, -0.2) is 4.39 Å². The van der Waals surface area contributed by atoms with Crippen LogP contribution in [0, 0.1) is 5.82 Å².